The van der Waals surface area contributed by atoms with Crippen molar-refractivity contribution in [1.82, 2.24) is 5.32 Å². The van der Waals surface area contributed by atoms with Crippen LogP contribution in [0.15, 0.2) is 70.3 Å². The van der Waals surface area contributed by atoms with E-state index >= 15 is 0 Å². The van der Waals surface area contributed by atoms with Crippen molar-refractivity contribution in [2.45, 2.75) is 25.2 Å². The van der Waals surface area contributed by atoms with Crippen molar-refractivity contribution in [3.63, 3.8) is 0 Å². The first-order valence-corrected chi connectivity index (χ1v) is 11.4. The summed E-state index contributed by atoms with van der Waals surface area (Å²) in [7, 11) is 1.37. The summed E-state index contributed by atoms with van der Waals surface area (Å²) in [5, 5.41) is 3.32. The fourth-order valence-electron chi connectivity index (χ4n) is 4.50. The monoisotopic (exact) mass is 433 g/mol. The molecule has 1 aliphatic heterocycles. The highest BCUT2D eigenvalue weighted by Crippen LogP contribution is 2.45. The third-order valence-electron chi connectivity index (χ3n) is 6.22. The standard InChI is InChI=1S/C25H23NO4S/c1-29-24(27)22-21(15-7-6-8-15)14-31-23(22)26-25(28)30-13-20-18-11-4-2-9-16(18)17-10-3-5-12-19(17)20/h2-5,9-12,20H,6-8,13-14H2,1H3,(H,26,28). The summed E-state index contributed by atoms with van der Waals surface area (Å²) < 4.78 is 10.6. The minimum atomic E-state index is -0.550. The lowest BCUT2D eigenvalue weighted by molar-refractivity contribution is -0.135. The number of allylic oxidation sites excluding steroid dienone is 1. The molecule has 31 heavy (non-hydrogen) atoms. The number of methoxy groups -OCH3 is 1. The zero-order chi connectivity index (χ0) is 21.4. The second kappa shape index (κ2) is 8.27. The van der Waals surface area contributed by atoms with Gasteiger partial charge in [0.1, 0.15) is 6.61 Å². The van der Waals surface area contributed by atoms with Crippen molar-refractivity contribution in [1.29, 1.82) is 0 Å². The van der Waals surface area contributed by atoms with Crippen LogP contribution >= 0.6 is 11.8 Å². The van der Waals surface area contributed by atoms with Crippen LogP contribution in [0.25, 0.3) is 11.1 Å². The highest BCUT2D eigenvalue weighted by atomic mass is 32.2. The molecule has 2 aromatic carbocycles. The predicted octanol–water partition coefficient (Wildman–Crippen LogP) is 5.14. The highest BCUT2D eigenvalue weighted by molar-refractivity contribution is 8.03. The Labute approximate surface area is 185 Å². The first kappa shape index (κ1) is 19.9. The lowest BCUT2D eigenvalue weighted by Gasteiger charge is -2.20. The molecule has 0 unspecified atom stereocenters. The van der Waals surface area contributed by atoms with Gasteiger partial charge in [-0.25, -0.2) is 9.59 Å². The van der Waals surface area contributed by atoms with Crippen LogP contribution in [-0.4, -0.2) is 31.5 Å². The molecule has 1 saturated carbocycles. The van der Waals surface area contributed by atoms with Gasteiger partial charge in [-0.1, -0.05) is 54.1 Å². The summed E-state index contributed by atoms with van der Waals surface area (Å²) in [5.41, 5.74) is 7.48. The molecule has 0 bridgehead atoms. The molecule has 1 fully saturated rings. The van der Waals surface area contributed by atoms with E-state index in [1.165, 1.54) is 46.7 Å². The molecule has 3 aliphatic rings. The van der Waals surface area contributed by atoms with E-state index in [1.54, 1.807) is 0 Å². The number of ether oxygens (including phenoxy) is 2. The second-order valence-electron chi connectivity index (χ2n) is 7.87. The van der Waals surface area contributed by atoms with Crippen molar-refractivity contribution in [2.24, 2.45) is 0 Å². The van der Waals surface area contributed by atoms with Gasteiger partial charge < -0.3 is 9.47 Å². The lowest BCUT2D eigenvalue weighted by Crippen LogP contribution is -2.26. The summed E-state index contributed by atoms with van der Waals surface area (Å²) in [6.45, 7) is 0.235. The van der Waals surface area contributed by atoms with Crippen molar-refractivity contribution in [2.75, 3.05) is 19.5 Å². The number of thioether (sulfide) groups is 1. The van der Waals surface area contributed by atoms with Crippen LogP contribution < -0.4 is 5.32 Å². The van der Waals surface area contributed by atoms with Crippen LogP contribution in [0.2, 0.25) is 0 Å². The Balaban J connectivity index is 1.33. The number of nitrogens with one attached hydrogen (secondary N) is 1. The molecule has 158 valence electrons. The van der Waals surface area contributed by atoms with Crippen LogP contribution in [0, 0.1) is 0 Å². The van der Waals surface area contributed by atoms with Crippen LogP contribution in [0.4, 0.5) is 4.79 Å². The Bertz CT molecular complexity index is 1080. The van der Waals surface area contributed by atoms with Crippen LogP contribution in [-0.2, 0) is 14.3 Å². The number of fused-ring (bicyclic) bond motifs is 3. The van der Waals surface area contributed by atoms with Crippen LogP contribution in [0.1, 0.15) is 36.3 Å². The normalized spacial score (nSPS) is 17.2. The van der Waals surface area contributed by atoms with Gasteiger partial charge in [0.2, 0.25) is 0 Å². The number of alkyl carbamates (subject to hydrolysis) is 1. The van der Waals surface area contributed by atoms with E-state index in [-0.39, 0.29) is 12.5 Å². The maximum Gasteiger partial charge on any atom is 0.412 e. The molecule has 2 aromatic rings. The summed E-state index contributed by atoms with van der Waals surface area (Å²) in [6.07, 6.45) is 2.61. The van der Waals surface area contributed by atoms with Gasteiger partial charge in [0.15, 0.2) is 0 Å². The smallest absolute Gasteiger partial charge is 0.412 e. The van der Waals surface area contributed by atoms with Gasteiger partial charge in [-0.15, -0.1) is 11.8 Å². The van der Waals surface area contributed by atoms with Gasteiger partial charge in [-0.2, -0.15) is 0 Å². The van der Waals surface area contributed by atoms with Gasteiger partial charge in [-0.05, 0) is 47.1 Å². The molecule has 5 nitrogen and oxygen atoms in total. The number of esters is 1. The van der Waals surface area contributed by atoms with Crippen LogP contribution in [0.5, 0.6) is 0 Å². The predicted molar refractivity (Wildman–Crippen MR) is 121 cm³/mol. The number of rotatable bonds is 4. The molecular formula is C25H23NO4S. The molecule has 0 aromatic heterocycles. The number of carbonyl (C=O) groups excluding carboxylic acids is 2. The van der Waals surface area contributed by atoms with E-state index in [1.807, 2.05) is 24.3 Å². The van der Waals surface area contributed by atoms with E-state index in [0.717, 1.165) is 24.8 Å². The largest absolute Gasteiger partial charge is 0.465 e. The maximum absolute atomic E-state index is 12.6. The molecule has 5 rings (SSSR count). The number of hydrogen-bond donors (Lipinski definition) is 1. The highest BCUT2D eigenvalue weighted by Gasteiger charge is 2.33. The van der Waals surface area contributed by atoms with Gasteiger partial charge in [0.25, 0.3) is 0 Å². The fourth-order valence-corrected chi connectivity index (χ4v) is 5.65. The molecule has 2 aliphatic carbocycles. The van der Waals surface area contributed by atoms with E-state index in [2.05, 4.69) is 29.6 Å². The number of carbonyl (C=O) groups is 2. The Morgan fingerprint density at radius 1 is 1.03 bits per heavy atom. The minimum absolute atomic E-state index is 0.00362. The molecule has 6 heteroatoms. The summed E-state index contributed by atoms with van der Waals surface area (Å²) in [6, 6.07) is 16.5. The quantitative estimate of drug-likeness (QED) is 0.677. The average molecular weight is 434 g/mol. The SMILES string of the molecule is COC(=O)C1=C(NC(=O)OCC2c3ccccc3-c3ccccc32)SCC1=C1CCC1. The first-order valence-electron chi connectivity index (χ1n) is 10.5. The summed E-state index contributed by atoms with van der Waals surface area (Å²) >= 11 is 1.45. The van der Waals surface area contributed by atoms with Gasteiger partial charge >= 0.3 is 12.1 Å². The topological polar surface area (TPSA) is 64.6 Å². The van der Waals surface area contributed by atoms with Gasteiger partial charge in [0.05, 0.1) is 17.7 Å². The Kier molecular flexibility index (Phi) is 5.32. The van der Waals surface area contributed by atoms with Gasteiger partial charge in [0, 0.05) is 11.7 Å². The Hall–Kier alpha value is -2.99. The molecule has 0 saturated heterocycles. The maximum atomic E-state index is 12.6. The molecule has 1 heterocycles. The molecule has 0 radical (unpaired) electrons. The lowest BCUT2D eigenvalue weighted by atomic mass is 9.86. The zero-order valence-electron chi connectivity index (χ0n) is 17.3. The Morgan fingerprint density at radius 2 is 1.68 bits per heavy atom. The molecule has 1 N–H and O–H groups in total. The first-order chi connectivity index (χ1) is 15.2. The minimum Gasteiger partial charge on any atom is -0.465 e. The molecule has 0 spiro atoms. The van der Waals surface area contributed by atoms with E-state index in [9.17, 15) is 9.59 Å². The van der Waals surface area contributed by atoms with Crippen molar-refractivity contribution < 1.29 is 19.1 Å². The third-order valence-corrected chi connectivity index (χ3v) is 7.25. The van der Waals surface area contributed by atoms with Crippen LogP contribution in [0.3, 0.4) is 0 Å². The van der Waals surface area contributed by atoms with Gasteiger partial charge in [-0.3, -0.25) is 5.32 Å². The van der Waals surface area contributed by atoms with E-state index in [0.29, 0.717) is 16.4 Å². The van der Waals surface area contributed by atoms with E-state index < -0.39 is 12.1 Å². The fraction of sp³-hybridized carbons (Fsp3) is 0.280. The number of hydrogen-bond acceptors (Lipinski definition) is 5. The summed E-state index contributed by atoms with van der Waals surface area (Å²) in [4.78, 5) is 25.0. The van der Waals surface area contributed by atoms with Crippen molar-refractivity contribution >= 4 is 23.8 Å². The molecule has 0 atom stereocenters. The summed E-state index contributed by atoms with van der Waals surface area (Å²) in [5.74, 6) is 0.267. The van der Waals surface area contributed by atoms with E-state index in [4.69, 9.17) is 9.47 Å². The van der Waals surface area contributed by atoms with Crippen molar-refractivity contribution in [3.05, 3.63) is 81.4 Å². The zero-order valence-corrected chi connectivity index (χ0v) is 18.1. The number of amides is 1. The second-order valence-corrected chi connectivity index (χ2v) is 8.86. The average Bonchev–Trinajstić information content (AvgIpc) is 3.30. The molecule has 1 amide bonds. The third kappa shape index (κ3) is 3.55. The number of benzene rings is 2. The molecular weight excluding hydrogens is 410 g/mol. The van der Waals surface area contributed by atoms with Crippen molar-refractivity contribution in [3.8, 4) is 11.1 Å². The Morgan fingerprint density at radius 3 is 2.26 bits per heavy atom.